The molecule has 11 aromatic rings. The van der Waals surface area contributed by atoms with Gasteiger partial charge in [-0.2, -0.15) is 0 Å². The summed E-state index contributed by atoms with van der Waals surface area (Å²) in [4.78, 5) is 2.54. The third-order valence-corrected chi connectivity index (χ3v) is 13.8. The quantitative estimate of drug-likeness (QED) is 0.147. The number of benzene rings is 11. The molecular weight excluding hydrogens is 783 g/mol. The Kier molecular flexibility index (Phi) is 9.35. The van der Waals surface area contributed by atoms with Crippen molar-refractivity contribution in [3.8, 4) is 55.6 Å². The van der Waals surface area contributed by atoms with Crippen LogP contribution < -0.4 is 4.90 Å². The highest BCUT2D eigenvalue weighted by molar-refractivity contribution is 6.02. The van der Waals surface area contributed by atoms with Crippen LogP contribution in [0.15, 0.2) is 255 Å². The van der Waals surface area contributed by atoms with Gasteiger partial charge in [0.15, 0.2) is 0 Å². The van der Waals surface area contributed by atoms with Gasteiger partial charge in [0, 0.05) is 22.1 Å². The van der Waals surface area contributed by atoms with E-state index in [-0.39, 0.29) is 5.41 Å². The normalized spacial score (nSPS) is 14.0. The first-order valence-electron chi connectivity index (χ1n) is 22.6. The molecule has 0 N–H and O–H groups in total. The summed E-state index contributed by atoms with van der Waals surface area (Å²) in [6.07, 6.45) is 0. The van der Waals surface area contributed by atoms with Crippen LogP contribution in [0.5, 0.6) is 0 Å². The lowest BCUT2D eigenvalue weighted by atomic mass is 9.74. The van der Waals surface area contributed by atoms with Gasteiger partial charge in [0.25, 0.3) is 0 Å². The monoisotopic (exact) mass is 827 g/mol. The molecule has 0 aromatic heterocycles. The maximum absolute atomic E-state index is 2.54. The van der Waals surface area contributed by atoms with Gasteiger partial charge in [0.2, 0.25) is 0 Å². The smallest absolute Gasteiger partial charge is 0.0543 e. The fourth-order valence-electron chi connectivity index (χ4n) is 10.6. The molecule has 0 heterocycles. The van der Waals surface area contributed by atoms with Crippen LogP contribution in [0, 0.1) is 0 Å². The van der Waals surface area contributed by atoms with Gasteiger partial charge in [-0.15, -0.1) is 0 Å². The van der Waals surface area contributed by atoms with Crippen molar-refractivity contribution in [3.05, 3.63) is 271 Å². The molecule has 1 unspecified atom stereocenters. The maximum atomic E-state index is 2.54. The average molecular weight is 828 g/mol. The highest BCUT2D eigenvalue weighted by Crippen LogP contribution is 2.58. The summed E-state index contributed by atoms with van der Waals surface area (Å²) < 4.78 is 0. The summed E-state index contributed by atoms with van der Waals surface area (Å²) in [7, 11) is 0. The first kappa shape index (κ1) is 38.4. The van der Waals surface area contributed by atoms with Crippen molar-refractivity contribution >= 4 is 38.6 Å². The van der Waals surface area contributed by atoms with Gasteiger partial charge in [0.05, 0.1) is 17.1 Å². The van der Waals surface area contributed by atoms with Crippen molar-refractivity contribution < 1.29 is 0 Å². The minimum atomic E-state index is -0.344. The van der Waals surface area contributed by atoms with E-state index in [9.17, 15) is 0 Å². The third kappa shape index (κ3) is 6.39. The van der Waals surface area contributed by atoms with Crippen LogP contribution in [0.25, 0.3) is 77.2 Å². The van der Waals surface area contributed by atoms with E-state index in [4.69, 9.17) is 0 Å². The molecule has 1 nitrogen and oxygen atoms in total. The Morgan fingerprint density at radius 2 is 0.646 bits per heavy atom. The molecule has 0 saturated carbocycles. The van der Waals surface area contributed by atoms with Crippen LogP contribution in [0.4, 0.5) is 17.1 Å². The van der Waals surface area contributed by atoms with Gasteiger partial charge in [-0.05, 0) is 102 Å². The first-order chi connectivity index (χ1) is 32.1. The zero-order valence-corrected chi connectivity index (χ0v) is 36.2. The highest BCUT2D eigenvalue weighted by atomic mass is 15.2. The van der Waals surface area contributed by atoms with E-state index in [2.05, 4.69) is 267 Å². The number of nitrogens with zero attached hydrogens (tertiary/aromatic N) is 1. The largest absolute Gasteiger partial charge is 0.309 e. The van der Waals surface area contributed by atoms with Crippen molar-refractivity contribution in [3.63, 3.8) is 0 Å². The van der Waals surface area contributed by atoms with Gasteiger partial charge < -0.3 is 4.90 Å². The molecule has 0 aliphatic heterocycles. The molecule has 12 rings (SSSR count). The van der Waals surface area contributed by atoms with E-state index in [1.807, 2.05) is 0 Å². The number of fused-ring (bicyclic) bond motifs is 5. The van der Waals surface area contributed by atoms with Crippen LogP contribution in [-0.2, 0) is 5.41 Å². The molecule has 0 fully saturated rings. The first-order valence-corrected chi connectivity index (χ1v) is 22.6. The second kappa shape index (κ2) is 15.8. The predicted molar refractivity (Wildman–Crippen MR) is 275 cm³/mol. The molecule has 0 radical (unpaired) electrons. The van der Waals surface area contributed by atoms with Crippen LogP contribution in [-0.4, -0.2) is 0 Å². The van der Waals surface area contributed by atoms with Crippen LogP contribution in [0.2, 0.25) is 0 Å². The van der Waals surface area contributed by atoms with E-state index in [0.717, 1.165) is 39.3 Å². The van der Waals surface area contributed by atoms with Gasteiger partial charge >= 0.3 is 0 Å². The molecule has 0 spiro atoms. The topological polar surface area (TPSA) is 3.24 Å². The van der Waals surface area contributed by atoms with E-state index in [0.29, 0.717) is 0 Å². The zero-order chi connectivity index (χ0) is 43.3. The summed E-state index contributed by atoms with van der Waals surface area (Å²) >= 11 is 0. The summed E-state index contributed by atoms with van der Waals surface area (Å²) in [6.45, 7) is 2.40. The molecule has 0 amide bonds. The lowest BCUT2D eigenvalue weighted by Crippen LogP contribution is -2.22. The molecule has 1 heteroatoms. The second-order valence-electron chi connectivity index (χ2n) is 17.3. The molecule has 1 aliphatic carbocycles. The van der Waals surface area contributed by atoms with Crippen molar-refractivity contribution in [1.82, 2.24) is 0 Å². The SMILES string of the molecule is CC1(c2ccccc2)c2ccccc2-c2c(N(c3ccccc3-c3ccc(-c4cccc5ccccc45)cc3)c3ccccc3-c3ccc(-c4cccc5ccccc45)cc3)cccc21. The Bertz CT molecular complexity index is 3370. The summed E-state index contributed by atoms with van der Waals surface area (Å²) in [6, 6.07) is 93.6. The fourth-order valence-corrected chi connectivity index (χ4v) is 10.6. The lowest BCUT2D eigenvalue weighted by molar-refractivity contribution is 0.714. The van der Waals surface area contributed by atoms with Crippen LogP contribution in [0.1, 0.15) is 23.6 Å². The van der Waals surface area contributed by atoms with Gasteiger partial charge in [-0.25, -0.2) is 0 Å². The summed E-state index contributed by atoms with van der Waals surface area (Å²) in [5, 5.41) is 5.02. The summed E-state index contributed by atoms with van der Waals surface area (Å²) in [5.41, 5.74) is 19.0. The zero-order valence-electron chi connectivity index (χ0n) is 36.2. The Morgan fingerprint density at radius 1 is 0.277 bits per heavy atom. The van der Waals surface area contributed by atoms with Gasteiger partial charge in [-0.3, -0.25) is 0 Å². The Hall–Kier alpha value is -8.26. The van der Waals surface area contributed by atoms with Crippen molar-refractivity contribution in [2.24, 2.45) is 0 Å². The standard InChI is InChI=1S/C64H45N/c1-64(50-22-3-2-4-23-50)58-31-12-9-28-57(58)63-59(64)32-17-35-62(63)65(60-33-13-10-26-55(60)48-40-36-46(37-41-48)53-29-15-20-44-18-5-7-24-51(44)53)61-34-14-11-27-56(61)49-42-38-47(39-43-49)54-30-16-21-45-19-6-8-25-52(45)54/h2-43H,1H3. The average Bonchev–Trinajstić information content (AvgIpc) is 3.65. The van der Waals surface area contributed by atoms with E-state index >= 15 is 0 Å². The predicted octanol–water partition coefficient (Wildman–Crippen LogP) is 17.5. The number of hydrogen-bond acceptors (Lipinski definition) is 1. The minimum Gasteiger partial charge on any atom is -0.309 e. The fraction of sp³-hybridized carbons (Fsp3) is 0.0312. The number of anilines is 3. The van der Waals surface area contributed by atoms with E-state index < -0.39 is 0 Å². The molecular formula is C64H45N. The van der Waals surface area contributed by atoms with Crippen molar-refractivity contribution in [1.29, 1.82) is 0 Å². The van der Waals surface area contributed by atoms with Gasteiger partial charge in [0.1, 0.15) is 0 Å². The molecule has 65 heavy (non-hydrogen) atoms. The molecule has 306 valence electrons. The van der Waals surface area contributed by atoms with Crippen LogP contribution in [0.3, 0.4) is 0 Å². The Labute approximate surface area is 381 Å². The Morgan fingerprint density at radius 3 is 1.20 bits per heavy atom. The van der Waals surface area contributed by atoms with Crippen LogP contribution >= 0.6 is 0 Å². The molecule has 1 atom stereocenters. The number of hydrogen-bond donors (Lipinski definition) is 0. The van der Waals surface area contributed by atoms with Gasteiger partial charge in [-0.1, -0.05) is 237 Å². The lowest BCUT2D eigenvalue weighted by Gasteiger charge is -2.32. The van der Waals surface area contributed by atoms with Crippen molar-refractivity contribution in [2.75, 3.05) is 4.90 Å². The highest BCUT2D eigenvalue weighted by Gasteiger charge is 2.42. The van der Waals surface area contributed by atoms with Crippen molar-refractivity contribution in [2.45, 2.75) is 12.3 Å². The molecule has 0 bridgehead atoms. The molecule has 1 aliphatic rings. The Balaban J connectivity index is 1.06. The molecule has 0 saturated heterocycles. The van der Waals surface area contributed by atoms with E-state index in [1.54, 1.807) is 0 Å². The molecule has 11 aromatic carbocycles. The third-order valence-electron chi connectivity index (χ3n) is 13.8. The van der Waals surface area contributed by atoms with E-state index in [1.165, 1.54) is 71.6 Å². The number of para-hydroxylation sites is 2. The summed E-state index contributed by atoms with van der Waals surface area (Å²) in [5.74, 6) is 0. The number of rotatable bonds is 8. The minimum absolute atomic E-state index is 0.344. The maximum Gasteiger partial charge on any atom is 0.0543 e. The second-order valence-corrected chi connectivity index (χ2v) is 17.3.